The average molecular weight is 294 g/mol. The SMILES string of the molecule is CCOC(=O)CNC1N=C(c2ccccc2)C=C(Cl)N1. The summed E-state index contributed by atoms with van der Waals surface area (Å²) in [4.78, 5) is 15.8. The highest BCUT2D eigenvalue weighted by Crippen LogP contribution is 2.11. The number of carbonyl (C=O) groups is 1. The molecule has 6 heteroatoms. The second-order valence-electron chi connectivity index (χ2n) is 4.11. The fraction of sp³-hybridized carbons (Fsp3) is 0.286. The molecule has 0 aromatic heterocycles. The minimum absolute atomic E-state index is 0.0707. The smallest absolute Gasteiger partial charge is 0.320 e. The summed E-state index contributed by atoms with van der Waals surface area (Å²) in [5, 5.41) is 6.34. The van der Waals surface area contributed by atoms with Gasteiger partial charge < -0.3 is 10.1 Å². The number of esters is 1. The summed E-state index contributed by atoms with van der Waals surface area (Å²) in [6.45, 7) is 2.20. The molecule has 0 bridgehead atoms. The third-order valence-corrected chi connectivity index (χ3v) is 2.84. The third-order valence-electron chi connectivity index (χ3n) is 2.62. The van der Waals surface area contributed by atoms with Crippen LogP contribution in [0.3, 0.4) is 0 Å². The molecule has 0 aliphatic carbocycles. The second kappa shape index (κ2) is 7.07. The average Bonchev–Trinajstić information content (AvgIpc) is 2.46. The Labute approximate surface area is 122 Å². The van der Waals surface area contributed by atoms with Crippen molar-refractivity contribution in [1.29, 1.82) is 0 Å². The van der Waals surface area contributed by atoms with Crippen LogP contribution >= 0.6 is 11.6 Å². The Morgan fingerprint density at radius 3 is 2.90 bits per heavy atom. The van der Waals surface area contributed by atoms with Crippen molar-refractivity contribution >= 4 is 23.3 Å². The van der Waals surface area contributed by atoms with Crippen LogP contribution in [0.4, 0.5) is 0 Å². The minimum atomic E-state index is -0.452. The van der Waals surface area contributed by atoms with E-state index in [0.717, 1.165) is 11.3 Å². The van der Waals surface area contributed by atoms with Crippen molar-refractivity contribution < 1.29 is 9.53 Å². The van der Waals surface area contributed by atoms with E-state index in [1.165, 1.54) is 0 Å². The van der Waals surface area contributed by atoms with Crippen LogP contribution < -0.4 is 10.6 Å². The number of hydrogen-bond acceptors (Lipinski definition) is 5. The number of nitrogens with zero attached hydrogens (tertiary/aromatic N) is 1. The Balaban J connectivity index is 2.03. The Hall–Kier alpha value is -1.85. The molecule has 1 aliphatic heterocycles. The lowest BCUT2D eigenvalue weighted by atomic mass is 10.1. The standard InChI is InChI=1S/C14H16ClN3O2/c1-2-20-13(19)9-16-14-17-11(8-12(15)18-14)10-6-4-3-5-7-10/h3-8,14,16,18H,2,9H2,1H3. The van der Waals surface area contributed by atoms with Crippen LogP contribution in [0.1, 0.15) is 12.5 Å². The van der Waals surface area contributed by atoms with Gasteiger partial charge in [-0.2, -0.15) is 0 Å². The molecule has 1 atom stereocenters. The summed E-state index contributed by atoms with van der Waals surface area (Å²) < 4.78 is 4.85. The Bertz CT molecular complexity index is 528. The molecule has 5 nitrogen and oxygen atoms in total. The first-order chi connectivity index (χ1) is 9.69. The van der Waals surface area contributed by atoms with E-state index in [9.17, 15) is 4.79 Å². The van der Waals surface area contributed by atoms with Crippen LogP contribution in [0, 0.1) is 0 Å². The first kappa shape index (κ1) is 14.6. The molecule has 0 saturated carbocycles. The summed E-state index contributed by atoms with van der Waals surface area (Å²) in [5.41, 5.74) is 1.73. The number of ether oxygens (including phenoxy) is 1. The van der Waals surface area contributed by atoms with Crippen molar-refractivity contribution in [2.45, 2.75) is 13.2 Å². The fourth-order valence-electron chi connectivity index (χ4n) is 1.76. The predicted octanol–water partition coefficient (Wildman–Crippen LogP) is 1.60. The molecule has 1 aromatic carbocycles. The third kappa shape index (κ3) is 4.08. The fourth-order valence-corrected chi connectivity index (χ4v) is 1.96. The van der Waals surface area contributed by atoms with E-state index in [1.54, 1.807) is 13.0 Å². The predicted molar refractivity (Wildman–Crippen MR) is 78.5 cm³/mol. The van der Waals surface area contributed by atoms with E-state index in [2.05, 4.69) is 15.6 Å². The molecule has 1 aliphatic rings. The van der Waals surface area contributed by atoms with Crippen molar-refractivity contribution in [3.05, 3.63) is 47.1 Å². The van der Waals surface area contributed by atoms with Gasteiger partial charge in [0.15, 0.2) is 6.29 Å². The zero-order chi connectivity index (χ0) is 14.4. The second-order valence-corrected chi connectivity index (χ2v) is 4.51. The normalized spacial score (nSPS) is 17.8. The van der Waals surface area contributed by atoms with Gasteiger partial charge >= 0.3 is 5.97 Å². The highest BCUT2D eigenvalue weighted by atomic mass is 35.5. The first-order valence-corrected chi connectivity index (χ1v) is 6.73. The number of aliphatic imine (C=N–C) groups is 1. The van der Waals surface area contributed by atoms with Gasteiger partial charge in [-0.25, -0.2) is 4.99 Å². The van der Waals surface area contributed by atoms with Crippen LogP contribution in [0.2, 0.25) is 0 Å². The highest BCUT2D eigenvalue weighted by Gasteiger charge is 2.16. The van der Waals surface area contributed by atoms with Crippen LogP contribution in [-0.2, 0) is 9.53 Å². The summed E-state index contributed by atoms with van der Waals surface area (Å²) in [5.74, 6) is -0.323. The summed E-state index contributed by atoms with van der Waals surface area (Å²) in [6.07, 6.45) is 1.30. The van der Waals surface area contributed by atoms with Gasteiger partial charge in [-0.15, -0.1) is 0 Å². The molecular formula is C14H16ClN3O2. The van der Waals surface area contributed by atoms with Crippen molar-refractivity contribution in [3.63, 3.8) is 0 Å². The molecule has 106 valence electrons. The monoisotopic (exact) mass is 293 g/mol. The Morgan fingerprint density at radius 1 is 1.45 bits per heavy atom. The summed E-state index contributed by atoms with van der Waals surface area (Å²) >= 11 is 6.05. The maximum atomic E-state index is 11.3. The van der Waals surface area contributed by atoms with Gasteiger partial charge in [0.25, 0.3) is 0 Å². The van der Waals surface area contributed by atoms with Crippen molar-refractivity contribution in [1.82, 2.24) is 10.6 Å². The minimum Gasteiger partial charge on any atom is -0.465 e. The first-order valence-electron chi connectivity index (χ1n) is 6.35. The van der Waals surface area contributed by atoms with Crippen LogP contribution in [0.5, 0.6) is 0 Å². The zero-order valence-electron chi connectivity index (χ0n) is 11.1. The van der Waals surface area contributed by atoms with Gasteiger partial charge in [-0.1, -0.05) is 41.9 Å². The van der Waals surface area contributed by atoms with Crippen molar-refractivity contribution in [2.24, 2.45) is 4.99 Å². The van der Waals surface area contributed by atoms with E-state index in [0.29, 0.717) is 11.8 Å². The number of benzene rings is 1. The van der Waals surface area contributed by atoms with E-state index in [-0.39, 0.29) is 12.5 Å². The summed E-state index contributed by atoms with van der Waals surface area (Å²) in [7, 11) is 0. The number of allylic oxidation sites excluding steroid dienone is 1. The van der Waals surface area contributed by atoms with Gasteiger partial charge in [0.2, 0.25) is 0 Å². The molecule has 2 N–H and O–H groups in total. The quantitative estimate of drug-likeness (QED) is 0.639. The molecule has 0 radical (unpaired) electrons. The van der Waals surface area contributed by atoms with Gasteiger partial charge in [-0.05, 0) is 18.6 Å². The molecule has 0 spiro atoms. The summed E-state index contributed by atoms with van der Waals surface area (Å²) in [6, 6.07) is 9.71. The van der Waals surface area contributed by atoms with Gasteiger partial charge in [0.05, 0.1) is 18.9 Å². The zero-order valence-corrected chi connectivity index (χ0v) is 11.9. The van der Waals surface area contributed by atoms with E-state index in [4.69, 9.17) is 16.3 Å². The molecule has 20 heavy (non-hydrogen) atoms. The van der Waals surface area contributed by atoms with Gasteiger partial charge in [0.1, 0.15) is 5.16 Å². The van der Waals surface area contributed by atoms with Gasteiger partial charge in [0, 0.05) is 0 Å². The molecule has 0 fully saturated rings. The number of rotatable bonds is 5. The van der Waals surface area contributed by atoms with Crippen LogP contribution in [0.15, 0.2) is 46.6 Å². The number of carbonyl (C=O) groups excluding carboxylic acids is 1. The Kier molecular flexibility index (Phi) is 5.15. The van der Waals surface area contributed by atoms with Crippen molar-refractivity contribution in [2.75, 3.05) is 13.2 Å². The van der Waals surface area contributed by atoms with E-state index in [1.807, 2.05) is 30.3 Å². The number of halogens is 1. The van der Waals surface area contributed by atoms with Crippen molar-refractivity contribution in [3.8, 4) is 0 Å². The Morgan fingerprint density at radius 2 is 2.20 bits per heavy atom. The highest BCUT2D eigenvalue weighted by molar-refractivity contribution is 6.32. The maximum absolute atomic E-state index is 11.3. The molecule has 1 heterocycles. The lowest BCUT2D eigenvalue weighted by molar-refractivity contribution is -0.142. The number of hydrogen-bond donors (Lipinski definition) is 2. The van der Waals surface area contributed by atoms with Crippen LogP contribution in [0.25, 0.3) is 0 Å². The largest absolute Gasteiger partial charge is 0.465 e. The molecule has 0 amide bonds. The topological polar surface area (TPSA) is 62.7 Å². The molecule has 0 saturated heterocycles. The molecule has 2 rings (SSSR count). The molecule has 1 unspecified atom stereocenters. The molecule has 1 aromatic rings. The van der Waals surface area contributed by atoms with Gasteiger partial charge in [-0.3, -0.25) is 10.1 Å². The van der Waals surface area contributed by atoms with E-state index < -0.39 is 6.29 Å². The van der Waals surface area contributed by atoms with Crippen LogP contribution in [-0.4, -0.2) is 31.1 Å². The number of nitrogens with one attached hydrogen (secondary N) is 2. The van der Waals surface area contributed by atoms with E-state index >= 15 is 0 Å². The maximum Gasteiger partial charge on any atom is 0.320 e. The lowest BCUT2D eigenvalue weighted by Gasteiger charge is -2.21. The lowest BCUT2D eigenvalue weighted by Crippen LogP contribution is -2.44. The molecular weight excluding hydrogens is 278 g/mol.